The number of hydrogen-bond donors (Lipinski definition) is 0. The number of carbonyl (C=O) groups is 2. The summed E-state index contributed by atoms with van der Waals surface area (Å²) in [7, 11) is 3.09. The van der Waals surface area contributed by atoms with Gasteiger partial charge in [-0.3, -0.25) is 4.79 Å². The average Bonchev–Trinajstić information content (AvgIpc) is 3.61. The Morgan fingerprint density at radius 3 is 1.07 bits per heavy atom. The van der Waals surface area contributed by atoms with E-state index < -0.39 is 5.97 Å². The zero-order valence-electron chi connectivity index (χ0n) is 55.2. The van der Waals surface area contributed by atoms with Crippen molar-refractivity contribution in [1.29, 1.82) is 0 Å². The molecule has 0 bridgehead atoms. The summed E-state index contributed by atoms with van der Waals surface area (Å²) in [6, 6.07) is 8.66. The highest BCUT2D eigenvalue weighted by molar-refractivity contribution is 5.95. The van der Waals surface area contributed by atoms with Gasteiger partial charge in [0.15, 0.2) is 11.5 Å². The molecule has 0 aliphatic rings. The predicted octanol–water partition coefficient (Wildman–Crippen LogP) is 23.4. The van der Waals surface area contributed by atoms with Crippen molar-refractivity contribution in [3.63, 3.8) is 0 Å². The first-order chi connectivity index (χ1) is 41.4. The molecule has 0 aromatic heterocycles. The molecule has 84 heavy (non-hydrogen) atoms. The van der Waals surface area contributed by atoms with E-state index in [1.807, 2.05) is 12.1 Å². The quantitative estimate of drug-likeness (QED) is 0.0212. The number of likely N-dealkylation sites (N-methyl/N-ethyl adjacent to an activating group) is 1. The van der Waals surface area contributed by atoms with Crippen LogP contribution in [0.4, 0.5) is 0 Å². The highest BCUT2D eigenvalue weighted by atomic mass is 16.5. The van der Waals surface area contributed by atoms with Crippen molar-refractivity contribution in [1.82, 2.24) is 4.90 Å². The Morgan fingerprint density at radius 2 is 0.750 bits per heavy atom. The molecule has 0 fully saturated rings. The molecule has 2 aromatic carbocycles. The lowest BCUT2D eigenvalue weighted by Gasteiger charge is -2.21. The van der Waals surface area contributed by atoms with Crippen molar-refractivity contribution < 1.29 is 33.3 Å². The van der Waals surface area contributed by atoms with Crippen LogP contribution < -0.4 is 18.9 Å². The fourth-order valence-corrected chi connectivity index (χ4v) is 11.4. The summed E-state index contributed by atoms with van der Waals surface area (Å²) in [4.78, 5) is 31.2. The normalized spacial score (nSPS) is 11.2. The number of nitrogens with zero attached hydrogens (tertiary/aromatic N) is 4. The number of benzene rings is 2. The molecule has 482 valence electrons. The zero-order chi connectivity index (χ0) is 60.4. The first-order valence-corrected chi connectivity index (χ1v) is 35.6. The van der Waals surface area contributed by atoms with Crippen LogP contribution in [0.2, 0.25) is 0 Å². The number of unbranched alkanes of at least 4 members (excludes halogenated alkanes) is 45. The minimum atomic E-state index is -0.520. The third kappa shape index (κ3) is 41.1. The molecule has 0 aliphatic heterocycles. The van der Waals surface area contributed by atoms with E-state index in [9.17, 15) is 9.59 Å². The fraction of sp³-hybridized carbons (Fsp3) is 0.808. The number of methoxy groups -OCH3 is 1. The van der Waals surface area contributed by atoms with Crippen LogP contribution in [0.25, 0.3) is 10.4 Å². The minimum Gasteiger partial charge on any atom is -0.492 e. The number of amides is 1. The Hall–Kier alpha value is -4.11. The predicted molar refractivity (Wildman–Crippen MR) is 355 cm³/mol. The van der Waals surface area contributed by atoms with Crippen LogP contribution in [0.1, 0.15) is 355 Å². The maximum atomic E-state index is 14.3. The summed E-state index contributed by atoms with van der Waals surface area (Å²) in [5.74, 6) is 1.55. The van der Waals surface area contributed by atoms with Gasteiger partial charge in [-0.1, -0.05) is 315 Å². The number of rotatable bonds is 62. The molecule has 2 rings (SSSR count). The van der Waals surface area contributed by atoms with Crippen molar-refractivity contribution in [2.45, 2.75) is 336 Å². The van der Waals surface area contributed by atoms with Gasteiger partial charge in [-0.25, -0.2) is 4.79 Å². The Morgan fingerprint density at radius 1 is 0.429 bits per heavy atom. The van der Waals surface area contributed by atoms with E-state index in [1.165, 1.54) is 277 Å². The van der Waals surface area contributed by atoms with Gasteiger partial charge in [0.25, 0.3) is 5.91 Å². The maximum absolute atomic E-state index is 14.3. The molecule has 0 saturated heterocycles. The first kappa shape index (κ1) is 76.0. The summed E-state index contributed by atoms with van der Waals surface area (Å²) in [6.07, 6.45) is 63.1. The van der Waals surface area contributed by atoms with Gasteiger partial charge in [0.1, 0.15) is 12.4 Å². The monoisotopic (exact) mass is 1170 g/mol. The van der Waals surface area contributed by atoms with Gasteiger partial charge < -0.3 is 28.6 Å². The van der Waals surface area contributed by atoms with Crippen LogP contribution >= 0.6 is 0 Å². The molecule has 0 saturated carbocycles. The Bertz CT molecular complexity index is 1840. The molecule has 0 spiro atoms. The molecule has 0 unspecified atom stereocenters. The lowest BCUT2D eigenvalue weighted by Crippen LogP contribution is -2.31. The average molecular weight is 1170 g/mol. The van der Waals surface area contributed by atoms with Gasteiger partial charge >= 0.3 is 5.97 Å². The molecular formula is C73H128N4O7. The van der Waals surface area contributed by atoms with Crippen LogP contribution in [-0.2, 0) is 11.3 Å². The first-order valence-electron chi connectivity index (χ1n) is 35.6. The van der Waals surface area contributed by atoms with E-state index in [0.29, 0.717) is 66.1 Å². The van der Waals surface area contributed by atoms with Crippen molar-refractivity contribution in [3.8, 4) is 23.0 Å². The smallest absolute Gasteiger partial charge is 0.338 e. The second-order valence-corrected chi connectivity index (χ2v) is 24.5. The molecule has 0 atom stereocenters. The maximum Gasteiger partial charge on any atom is 0.338 e. The van der Waals surface area contributed by atoms with Crippen molar-refractivity contribution in [3.05, 3.63) is 57.5 Å². The molecule has 0 heterocycles. The molecule has 0 radical (unpaired) electrons. The number of hydrogen-bond acceptors (Lipinski definition) is 8. The number of carbonyl (C=O) groups excluding carboxylic acids is 2. The lowest BCUT2D eigenvalue weighted by molar-refractivity contribution is 0.0599. The van der Waals surface area contributed by atoms with Crippen molar-refractivity contribution in [2.75, 3.05) is 47.1 Å². The number of esters is 1. The van der Waals surface area contributed by atoms with E-state index in [-0.39, 0.29) is 19.1 Å². The summed E-state index contributed by atoms with van der Waals surface area (Å²) < 4.78 is 31.0. The molecule has 11 nitrogen and oxygen atoms in total. The molecule has 11 heteroatoms. The van der Waals surface area contributed by atoms with Crippen LogP contribution in [0.5, 0.6) is 23.0 Å². The Kier molecular flexibility index (Phi) is 51.3. The van der Waals surface area contributed by atoms with Crippen molar-refractivity contribution >= 4 is 11.9 Å². The van der Waals surface area contributed by atoms with Gasteiger partial charge in [0, 0.05) is 17.5 Å². The third-order valence-electron chi connectivity index (χ3n) is 16.9. The van der Waals surface area contributed by atoms with E-state index in [2.05, 4.69) is 30.8 Å². The van der Waals surface area contributed by atoms with Crippen molar-refractivity contribution in [2.24, 2.45) is 5.11 Å². The molecule has 2 aromatic rings. The highest BCUT2D eigenvalue weighted by Crippen LogP contribution is 2.40. The second kappa shape index (κ2) is 56.7. The molecule has 0 N–H and O–H groups in total. The zero-order valence-corrected chi connectivity index (χ0v) is 55.2. The number of ether oxygens (including phenoxy) is 5. The summed E-state index contributed by atoms with van der Waals surface area (Å²) in [5.41, 5.74) is 10.2. The summed E-state index contributed by atoms with van der Waals surface area (Å²) >= 11 is 0. The second-order valence-electron chi connectivity index (χ2n) is 24.5. The van der Waals surface area contributed by atoms with Crippen LogP contribution in [0, 0.1) is 0 Å². The fourth-order valence-electron chi connectivity index (χ4n) is 11.4. The SMILES string of the molecule is CCCCCCCCCCCCCCCCCCOc1cc(C(=O)N(C)CCOc2ccc(C(=O)OC)c(CN=[N+]=[N-])c2)cc(OCCCCCCCCCCCCCCCCCC)c1OCCCCCCCCCCCCCCCCCC. The van der Waals surface area contributed by atoms with E-state index >= 15 is 0 Å². The molecular weight excluding hydrogens is 1040 g/mol. The number of azide groups is 1. The molecule has 1 amide bonds. The third-order valence-corrected chi connectivity index (χ3v) is 16.9. The Balaban J connectivity index is 2.08. The van der Waals surface area contributed by atoms with E-state index in [1.54, 1.807) is 30.1 Å². The van der Waals surface area contributed by atoms with Gasteiger partial charge in [0.2, 0.25) is 5.75 Å². The van der Waals surface area contributed by atoms with E-state index in [0.717, 1.165) is 38.5 Å². The van der Waals surface area contributed by atoms with Gasteiger partial charge in [-0.2, -0.15) is 0 Å². The van der Waals surface area contributed by atoms with Crippen LogP contribution in [0.15, 0.2) is 35.4 Å². The van der Waals surface area contributed by atoms with Gasteiger partial charge in [0.05, 0.1) is 45.6 Å². The largest absolute Gasteiger partial charge is 0.492 e. The Labute approximate surface area is 516 Å². The summed E-state index contributed by atoms with van der Waals surface area (Å²) in [6.45, 7) is 9.00. The highest BCUT2D eigenvalue weighted by Gasteiger charge is 2.22. The topological polar surface area (TPSA) is 132 Å². The summed E-state index contributed by atoms with van der Waals surface area (Å²) in [5, 5.41) is 3.65. The van der Waals surface area contributed by atoms with Gasteiger partial charge in [-0.05, 0) is 60.7 Å². The standard InChI is InChI=1S/C73H128N4O7/c1-6-9-12-15-18-21-24-27-30-33-36-39-42-45-48-51-57-82-69-62-65(72(78)77(4)56-60-81-67-54-55-68(73(79)80-5)66(61-67)64-75-76-74)63-70(83-58-52-49-46-43-40-37-34-31-28-25-22-19-16-13-10-7-2)71(69)84-59-53-50-47-44-41-38-35-32-29-26-23-20-17-14-11-8-3/h54-55,61-63H,6-53,56-60,64H2,1-5H3. The van der Waals surface area contributed by atoms with Crippen LogP contribution in [0.3, 0.4) is 0 Å². The van der Waals surface area contributed by atoms with E-state index in [4.69, 9.17) is 29.2 Å². The minimum absolute atomic E-state index is 0.0243. The molecule has 0 aliphatic carbocycles. The lowest BCUT2D eigenvalue weighted by atomic mass is 10.0. The van der Waals surface area contributed by atoms with Gasteiger partial charge in [-0.15, -0.1) is 0 Å². The van der Waals surface area contributed by atoms with Crippen LogP contribution in [-0.4, -0.2) is 63.9 Å².